The van der Waals surface area contributed by atoms with Crippen LogP contribution < -0.4 is 4.74 Å². The van der Waals surface area contributed by atoms with E-state index in [2.05, 4.69) is 48.9 Å². The van der Waals surface area contributed by atoms with Crippen LogP contribution in [0, 0.1) is 0 Å². The van der Waals surface area contributed by atoms with E-state index < -0.39 is 12.0 Å². The van der Waals surface area contributed by atoms with E-state index in [4.69, 9.17) is 4.74 Å². The molecule has 2 aromatic carbocycles. The maximum Gasteiger partial charge on any atom is 0.320 e. The van der Waals surface area contributed by atoms with Crippen molar-refractivity contribution in [1.82, 2.24) is 4.90 Å². The summed E-state index contributed by atoms with van der Waals surface area (Å²) >= 11 is 7.06. The molecule has 1 N–H and O–H groups in total. The van der Waals surface area contributed by atoms with Gasteiger partial charge in [0.05, 0.1) is 12.6 Å². The molecule has 2 atom stereocenters. The van der Waals surface area contributed by atoms with Gasteiger partial charge in [-0.2, -0.15) is 0 Å². The van der Waals surface area contributed by atoms with Gasteiger partial charge in [0, 0.05) is 14.5 Å². The summed E-state index contributed by atoms with van der Waals surface area (Å²) in [6.45, 7) is 3.27. The highest BCUT2D eigenvalue weighted by Gasteiger charge is 2.36. The second-order valence-electron chi connectivity index (χ2n) is 6.66. The first-order valence-electron chi connectivity index (χ1n) is 9.17. The minimum Gasteiger partial charge on any atom is -0.494 e. The fourth-order valence-corrected chi connectivity index (χ4v) is 4.39. The molecule has 144 valence electrons. The standard InChI is InChI=1S/C21H23Br2NO3/c1-2-27-19-11-10-16(23)13-17(19)20(14-6-8-15(22)9-7-14)24-12-4-3-5-18(24)21(25)26/h6-11,13,18,20H,2-5,12H2,1H3,(H,25,26). The van der Waals surface area contributed by atoms with E-state index in [0.717, 1.165) is 45.2 Å². The van der Waals surface area contributed by atoms with E-state index in [1.165, 1.54) is 0 Å². The fraction of sp³-hybridized carbons (Fsp3) is 0.381. The van der Waals surface area contributed by atoms with Gasteiger partial charge in [0.2, 0.25) is 0 Å². The topological polar surface area (TPSA) is 49.8 Å². The van der Waals surface area contributed by atoms with Crippen LogP contribution >= 0.6 is 31.9 Å². The van der Waals surface area contributed by atoms with E-state index in [-0.39, 0.29) is 6.04 Å². The second kappa shape index (κ2) is 9.22. The Morgan fingerprint density at radius 3 is 2.56 bits per heavy atom. The highest BCUT2D eigenvalue weighted by molar-refractivity contribution is 9.10. The third-order valence-corrected chi connectivity index (χ3v) is 5.93. The summed E-state index contributed by atoms with van der Waals surface area (Å²) in [4.78, 5) is 14.1. The average molecular weight is 497 g/mol. The van der Waals surface area contributed by atoms with Gasteiger partial charge in [0.15, 0.2) is 0 Å². The second-order valence-corrected chi connectivity index (χ2v) is 8.49. The zero-order valence-electron chi connectivity index (χ0n) is 15.2. The number of benzene rings is 2. The summed E-state index contributed by atoms with van der Waals surface area (Å²) in [6.07, 6.45) is 2.60. The smallest absolute Gasteiger partial charge is 0.320 e. The molecule has 6 heteroatoms. The van der Waals surface area contributed by atoms with Gasteiger partial charge in [-0.05, 0) is 62.2 Å². The highest BCUT2D eigenvalue weighted by atomic mass is 79.9. The van der Waals surface area contributed by atoms with E-state index in [9.17, 15) is 9.90 Å². The predicted octanol–water partition coefficient (Wildman–Crippen LogP) is 5.64. The van der Waals surface area contributed by atoms with Crippen LogP contribution in [0.3, 0.4) is 0 Å². The number of aliphatic carboxylic acids is 1. The van der Waals surface area contributed by atoms with Crippen molar-refractivity contribution < 1.29 is 14.6 Å². The molecule has 0 aliphatic carbocycles. The quantitative estimate of drug-likeness (QED) is 0.562. The molecule has 0 bridgehead atoms. The largest absolute Gasteiger partial charge is 0.494 e. The number of carboxylic acids is 1. The Morgan fingerprint density at radius 2 is 1.89 bits per heavy atom. The fourth-order valence-electron chi connectivity index (χ4n) is 3.74. The van der Waals surface area contributed by atoms with Crippen molar-refractivity contribution in [1.29, 1.82) is 0 Å². The summed E-state index contributed by atoms with van der Waals surface area (Å²) in [5, 5.41) is 9.83. The van der Waals surface area contributed by atoms with Crippen molar-refractivity contribution in [3.8, 4) is 5.75 Å². The number of carbonyl (C=O) groups is 1. The lowest BCUT2D eigenvalue weighted by Crippen LogP contribution is -2.46. The van der Waals surface area contributed by atoms with Gasteiger partial charge in [-0.3, -0.25) is 9.69 Å². The Hall–Kier alpha value is -1.37. The van der Waals surface area contributed by atoms with Gasteiger partial charge < -0.3 is 9.84 Å². The van der Waals surface area contributed by atoms with Gasteiger partial charge in [0.25, 0.3) is 0 Å². The SMILES string of the molecule is CCOc1ccc(Br)cc1C(c1ccc(Br)cc1)N1CCCCC1C(=O)O. The molecule has 0 aromatic heterocycles. The van der Waals surface area contributed by atoms with Crippen LogP contribution in [0.4, 0.5) is 0 Å². The van der Waals surface area contributed by atoms with Crippen LogP contribution in [0.2, 0.25) is 0 Å². The number of hydrogen-bond acceptors (Lipinski definition) is 3. The zero-order valence-corrected chi connectivity index (χ0v) is 18.4. The van der Waals surface area contributed by atoms with E-state index in [1.54, 1.807) is 0 Å². The lowest BCUT2D eigenvalue weighted by molar-refractivity contribution is -0.145. The Kier molecular flexibility index (Phi) is 6.95. The van der Waals surface area contributed by atoms with Crippen LogP contribution in [-0.4, -0.2) is 35.2 Å². The van der Waals surface area contributed by atoms with E-state index in [0.29, 0.717) is 13.0 Å². The Bertz CT molecular complexity index is 795. The van der Waals surface area contributed by atoms with Crippen LogP contribution in [-0.2, 0) is 4.79 Å². The maximum absolute atomic E-state index is 12.0. The summed E-state index contributed by atoms with van der Waals surface area (Å²) in [7, 11) is 0. The zero-order chi connectivity index (χ0) is 19.4. The molecule has 1 aliphatic rings. The van der Waals surface area contributed by atoms with Gasteiger partial charge >= 0.3 is 5.97 Å². The summed E-state index contributed by atoms with van der Waals surface area (Å²) < 4.78 is 7.85. The van der Waals surface area contributed by atoms with Crippen molar-refractivity contribution >= 4 is 37.8 Å². The van der Waals surface area contributed by atoms with Crippen LogP contribution in [0.1, 0.15) is 43.4 Å². The number of hydrogen-bond donors (Lipinski definition) is 1. The minimum absolute atomic E-state index is 0.182. The summed E-state index contributed by atoms with van der Waals surface area (Å²) in [5.74, 6) is 0.0353. The highest BCUT2D eigenvalue weighted by Crippen LogP contribution is 2.40. The first-order valence-corrected chi connectivity index (χ1v) is 10.8. The number of carboxylic acid groups (broad SMARTS) is 1. The Labute approximate surface area is 176 Å². The Balaban J connectivity index is 2.14. The summed E-state index contributed by atoms with van der Waals surface area (Å²) in [5.41, 5.74) is 2.05. The van der Waals surface area contributed by atoms with Crippen molar-refractivity contribution in [3.63, 3.8) is 0 Å². The molecule has 1 heterocycles. The number of rotatable bonds is 6. The molecule has 0 radical (unpaired) electrons. The molecule has 27 heavy (non-hydrogen) atoms. The number of likely N-dealkylation sites (tertiary alicyclic amines) is 1. The van der Waals surface area contributed by atoms with Crippen LogP contribution in [0.15, 0.2) is 51.4 Å². The van der Waals surface area contributed by atoms with E-state index in [1.807, 2.05) is 37.3 Å². The van der Waals surface area contributed by atoms with Gasteiger partial charge in [-0.1, -0.05) is 50.4 Å². The molecule has 1 saturated heterocycles. The molecule has 4 nitrogen and oxygen atoms in total. The first-order chi connectivity index (χ1) is 13.0. The minimum atomic E-state index is -0.759. The van der Waals surface area contributed by atoms with Gasteiger partial charge in [-0.25, -0.2) is 0 Å². The van der Waals surface area contributed by atoms with Crippen molar-refractivity contribution in [3.05, 3.63) is 62.5 Å². The molecule has 2 aromatic rings. The molecular weight excluding hydrogens is 474 g/mol. The number of ether oxygens (including phenoxy) is 1. The molecule has 1 fully saturated rings. The van der Waals surface area contributed by atoms with Crippen LogP contribution in [0.25, 0.3) is 0 Å². The maximum atomic E-state index is 12.0. The lowest BCUT2D eigenvalue weighted by Gasteiger charge is -2.40. The molecule has 3 rings (SSSR count). The normalized spacial score (nSPS) is 18.9. The molecule has 0 saturated carbocycles. The third-order valence-electron chi connectivity index (χ3n) is 4.91. The monoisotopic (exact) mass is 495 g/mol. The lowest BCUT2D eigenvalue weighted by atomic mass is 9.91. The Morgan fingerprint density at radius 1 is 1.19 bits per heavy atom. The first kappa shape index (κ1) is 20.4. The van der Waals surface area contributed by atoms with Gasteiger partial charge in [0.1, 0.15) is 11.8 Å². The van der Waals surface area contributed by atoms with E-state index >= 15 is 0 Å². The van der Waals surface area contributed by atoms with Gasteiger partial charge in [-0.15, -0.1) is 0 Å². The van der Waals surface area contributed by atoms with Crippen molar-refractivity contribution in [2.75, 3.05) is 13.2 Å². The average Bonchev–Trinajstić information content (AvgIpc) is 2.66. The molecule has 0 spiro atoms. The number of piperidine rings is 1. The predicted molar refractivity (Wildman–Crippen MR) is 113 cm³/mol. The van der Waals surface area contributed by atoms with Crippen molar-refractivity contribution in [2.24, 2.45) is 0 Å². The number of halogens is 2. The molecule has 0 amide bonds. The summed E-state index contributed by atoms with van der Waals surface area (Å²) in [6, 6.07) is 13.4. The molecular formula is C21H23Br2NO3. The number of nitrogens with zero attached hydrogens (tertiary/aromatic N) is 1. The van der Waals surface area contributed by atoms with Crippen LogP contribution in [0.5, 0.6) is 5.75 Å². The van der Waals surface area contributed by atoms with Crippen molar-refractivity contribution in [2.45, 2.75) is 38.3 Å². The molecule has 1 aliphatic heterocycles. The third kappa shape index (κ3) is 4.73. The molecule has 2 unspecified atom stereocenters.